The molecule has 5 fully saturated rings. The van der Waals surface area contributed by atoms with Gasteiger partial charge in [0.25, 0.3) is 0 Å². The summed E-state index contributed by atoms with van der Waals surface area (Å²) in [6, 6.07) is 3.43. The fourth-order valence-corrected chi connectivity index (χ4v) is 8.74. The normalized spacial score (nSPS) is 27.6. The third kappa shape index (κ3) is 5.15. The first-order valence-corrected chi connectivity index (χ1v) is 16.6. The molecule has 3 aromatic rings. The SMILES string of the molecule is COc1c(-c2c(F)c(N)cc(C)c2C(F)(F)F)c(C2CC2)cc2c(N3CC4CCC(C3)N4)nc(OC[C@@]34CCCN3C[C@H](F)C4)nc12. The monoisotopic (exact) mass is 658 g/mol. The van der Waals surface area contributed by atoms with Gasteiger partial charge in [0, 0.05) is 54.7 Å². The van der Waals surface area contributed by atoms with Gasteiger partial charge in [-0.3, -0.25) is 4.90 Å². The van der Waals surface area contributed by atoms with Crippen LogP contribution < -0.4 is 25.4 Å². The molecule has 8 rings (SSSR count). The number of alkyl halides is 4. The maximum atomic E-state index is 16.0. The molecule has 1 aromatic heterocycles. The highest BCUT2D eigenvalue weighted by Gasteiger charge is 2.49. The largest absolute Gasteiger partial charge is 0.494 e. The second kappa shape index (κ2) is 11.0. The molecule has 0 radical (unpaired) electrons. The predicted molar refractivity (Wildman–Crippen MR) is 168 cm³/mol. The van der Waals surface area contributed by atoms with E-state index in [1.807, 2.05) is 6.07 Å². The molecule has 4 saturated heterocycles. The van der Waals surface area contributed by atoms with E-state index in [-0.39, 0.29) is 58.7 Å². The van der Waals surface area contributed by atoms with Crippen molar-refractivity contribution in [1.29, 1.82) is 0 Å². The predicted octanol–water partition coefficient (Wildman–Crippen LogP) is 6.13. The maximum absolute atomic E-state index is 16.0. The Morgan fingerprint density at radius 1 is 1.06 bits per heavy atom. The topological polar surface area (TPSA) is 88.8 Å². The molecule has 2 unspecified atom stereocenters. The van der Waals surface area contributed by atoms with Crippen LogP contribution in [0, 0.1) is 12.7 Å². The first-order chi connectivity index (χ1) is 22.5. The first kappa shape index (κ1) is 30.9. The number of ether oxygens (including phenoxy) is 2. The highest BCUT2D eigenvalue weighted by Crippen LogP contribution is 2.54. The number of anilines is 2. The number of aryl methyl sites for hydroxylation is 1. The van der Waals surface area contributed by atoms with Crippen molar-refractivity contribution in [2.75, 3.05) is 50.5 Å². The van der Waals surface area contributed by atoms with Gasteiger partial charge in [0.05, 0.1) is 23.9 Å². The van der Waals surface area contributed by atoms with Gasteiger partial charge in [-0.25, -0.2) is 8.78 Å². The Balaban J connectivity index is 1.35. The number of methoxy groups -OCH3 is 1. The number of aromatic nitrogens is 2. The van der Waals surface area contributed by atoms with E-state index in [0.717, 1.165) is 51.1 Å². The van der Waals surface area contributed by atoms with Gasteiger partial charge in [-0.2, -0.15) is 23.1 Å². The summed E-state index contributed by atoms with van der Waals surface area (Å²) in [4.78, 5) is 14.0. The molecule has 8 nitrogen and oxygen atoms in total. The molecule has 5 aliphatic rings. The van der Waals surface area contributed by atoms with Crippen molar-refractivity contribution in [1.82, 2.24) is 20.2 Å². The van der Waals surface area contributed by atoms with Crippen LogP contribution in [0.1, 0.15) is 67.6 Å². The third-order valence-electron chi connectivity index (χ3n) is 10.9. The Labute approximate surface area is 269 Å². The number of halogens is 5. The molecule has 2 bridgehead atoms. The van der Waals surface area contributed by atoms with Crippen LogP contribution in [0.25, 0.3) is 22.0 Å². The van der Waals surface area contributed by atoms with Crippen LogP contribution in [0.2, 0.25) is 0 Å². The molecular weight excluding hydrogens is 619 g/mol. The Morgan fingerprint density at radius 3 is 2.49 bits per heavy atom. The van der Waals surface area contributed by atoms with Gasteiger partial charge in [0.15, 0.2) is 11.6 Å². The summed E-state index contributed by atoms with van der Waals surface area (Å²) < 4.78 is 87.0. The number of hydrogen-bond acceptors (Lipinski definition) is 8. The number of rotatable bonds is 7. The second-order valence-corrected chi connectivity index (χ2v) is 14.1. The third-order valence-corrected chi connectivity index (χ3v) is 10.9. The van der Waals surface area contributed by atoms with Gasteiger partial charge in [-0.05, 0) is 81.2 Å². The lowest BCUT2D eigenvalue weighted by Crippen LogP contribution is -2.51. The van der Waals surface area contributed by atoms with Gasteiger partial charge < -0.3 is 25.4 Å². The summed E-state index contributed by atoms with van der Waals surface area (Å²) in [5.74, 6) is -0.604. The van der Waals surface area contributed by atoms with E-state index in [1.165, 1.54) is 14.0 Å². The van der Waals surface area contributed by atoms with Gasteiger partial charge in [0.2, 0.25) is 0 Å². The molecule has 0 spiro atoms. The number of nitrogens with two attached hydrogens (primary N) is 1. The van der Waals surface area contributed by atoms with Crippen molar-refractivity contribution < 1.29 is 31.4 Å². The maximum Gasteiger partial charge on any atom is 0.417 e. The van der Waals surface area contributed by atoms with Crippen LogP contribution in [0.5, 0.6) is 11.8 Å². The minimum atomic E-state index is -4.86. The van der Waals surface area contributed by atoms with Crippen molar-refractivity contribution >= 4 is 22.4 Å². The lowest BCUT2D eigenvalue weighted by atomic mass is 9.87. The summed E-state index contributed by atoms with van der Waals surface area (Å²) in [6.07, 6.45) is -0.144. The summed E-state index contributed by atoms with van der Waals surface area (Å²) in [5, 5.41) is 4.24. The zero-order valence-electron chi connectivity index (χ0n) is 26.5. The van der Waals surface area contributed by atoms with E-state index in [2.05, 4.69) is 15.1 Å². The minimum absolute atomic E-state index is 0.00957. The zero-order chi connectivity index (χ0) is 32.8. The number of nitrogens with zero attached hydrogens (tertiary/aromatic N) is 4. The molecule has 252 valence electrons. The molecule has 4 aliphatic heterocycles. The number of nitrogen functional groups attached to an aromatic ring is 1. The Morgan fingerprint density at radius 2 is 1.81 bits per heavy atom. The zero-order valence-corrected chi connectivity index (χ0v) is 26.5. The number of hydrogen-bond donors (Lipinski definition) is 2. The molecule has 47 heavy (non-hydrogen) atoms. The summed E-state index contributed by atoms with van der Waals surface area (Å²) in [5.41, 5.74) is 4.05. The van der Waals surface area contributed by atoms with Gasteiger partial charge in [0.1, 0.15) is 24.1 Å². The van der Waals surface area contributed by atoms with Gasteiger partial charge >= 0.3 is 12.2 Å². The van der Waals surface area contributed by atoms with Crippen LogP contribution in [0.3, 0.4) is 0 Å². The van der Waals surface area contributed by atoms with Crippen LogP contribution in [0.4, 0.5) is 33.5 Å². The van der Waals surface area contributed by atoms with Crippen molar-refractivity contribution in [2.24, 2.45) is 0 Å². The second-order valence-electron chi connectivity index (χ2n) is 14.1. The molecule has 1 aliphatic carbocycles. The van der Waals surface area contributed by atoms with Crippen molar-refractivity contribution in [3.63, 3.8) is 0 Å². The fourth-order valence-electron chi connectivity index (χ4n) is 8.74. The molecule has 4 atom stereocenters. The fraction of sp³-hybridized carbons (Fsp3) is 0.588. The van der Waals surface area contributed by atoms with E-state index in [0.29, 0.717) is 42.8 Å². The summed E-state index contributed by atoms with van der Waals surface area (Å²) >= 11 is 0. The lowest BCUT2D eigenvalue weighted by Gasteiger charge is -2.35. The molecule has 2 aromatic carbocycles. The van der Waals surface area contributed by atoms with E-state index in [4.69, 9.17) is 25.2 Å². The van der Waals surface area contributed by atoms with E-state index >= 15 is 4.39 Å². The Kier molecular flexibility index (Phi) is 7.25. The standard InChI is InChI=1S/C34H39F5N6O2/c1-17-10-24(40)28(36)26(27(17)34(37,38)39)25-22(18-4-5-18)11-23-29(30(25)46-2)42-32(43-31(23)44-14-20-6-7-21(15-44)41-20)47-16-33-8-3-9-45(33)13-19(35)12-33/h10-11,18-21,41H,3-9,12-16,40H2,1-2H3/t19-,20?,21?,33+/m1/s1. The van der Waals surface area contributed by atoms with Crippen molar-refractivity contribution in [3.8, 4) is 22.9 Å². The molecule has 1 saturated carbocycles. The van der Waals surface area contributed by atoms with E-state index < -0.39 is 34.8 Å². The van der Waals surface area contributed by atoms with E-state index in [1.54, 1.807) is 0 Å². The van der Waals surface area contributed by atoms with Crippen molar-refractivity contribution in [2.45, 2.75) is 87.8 Å². The number of piperazine rings is 1. The smallest absolute Gasteiger partial charge is 0.417 e. The van der Waals surface area contributed by atoms with Crippen molar-refractivity contribution in [3.05, 3.63) is 34.6 Å². The first-order valence-electron chi connectivity index (χ1n) is 16.6. The number of fused-ring (bicyclic) bond motifs is 4. The Bertz CT molecular complexity index is 1740. The lowest BCUT2D eigenvalue weighted by molar-refractivity contribution is -0.137. The van der Waals surface area contributed by atoms with E-state index in [9.17, 15) is 17.6 Å². The molecule has 3 N–H and O–H groups in total. The average Bonchev–Trinajstić information content (AvgIpc) is 3.62. The summed E-state index contributed by atoms with van der Waals surface area (Å²) in [7, 11) is 1.36. The van der Waals surface area contributed by atoms with Crippen LogP contribution in [-0.4, -0.2) is 78.6 Å². The average molecular weight is 659 g/mol. The summed E-state index contributed by atoms with van der Waals surface area (Å²) in [6.45, 7) is 4.01. The van der Waals surface area contributed by atoms with Gasteiger partial charge in [-0.1, -0.05) is 0 Å². The highest BCUT2D eigenvalue weighted by atomic mass is 19.4. The van der Waals surface area contributed by atoms with Gasteiger partial charge in [-0.15, -0.1) is 0 Å². The number of nitrogens with one attached hydrogen (secondary N) is 1. The highest BCUT2D eigenvalue weighted by molar-refractivity contribution is 6.01. The molecule has 5 heterocycles. The minimum Gasteiger partial charge on any atom is -0.494 e. The van der Waals surface area contributed by atoms with Crippen LogP contribution in [-0.2, 0) is 6.18 Å². The quantitative estimate of drug-likeness (QED) is 0.232. The molecule has 13 heteroatoms. The van der Waals surface area contributed by atoms with Crippen LogP contribution in [0.15, 0.2) is 12.1 Å². The number of benzene rings is 2. The van der Waals surface area contributed by atoms with Crippen LogP contribution >= 0.6 is 0 Å². The Hall–Kier alpha value is -3.45. The molecular formula is C34H39F5N6O2. The molecule has 0 amide bonds.